The molecular weight excluding hydrogens is 821 g/mol. The predicted molar refractivity (Wildman–Crippen MR) is 230 cm³/mol. The van der Waals surface area contributed by atoms with Crippen molar-refractivity contribution in [3.05, 3.63) is 191 Å². The summed E-state index contributed by atoms with van der Waals surface area (Å²) in [6.45, 7) is 1.18. The number of ether oxygens (including phenoxy) is 7. The molecule has 1 aliphatic rings. The van der Waals surface area contributed by atoms with Gasteiger partial charge in [-0.05, 0) is 73.7 Å². The standard InChI is InChI=1S/C50H40N2O12/c1-30(35-25-15-27-37-40(35)51-38-28-16-26-36(41(38)52-37)49(57)58-2)60-50-44(64-48(56)34-23-13-6-14-24-34)43(63-47(55)33-21-11-5-12-22-33)42(62-46(54)32-19-9-4-10-20-32)39(61-50)29-59-45(53)31-17-7-3-8-18-31/h3-28,30,39,42-44,50H,29H2,1-2H3/t30?,39-,42-,43+,44-,50-/m1/s1. The number of methoxy groups -OCH3 is 1. The molecule has 1 fully saturated rings. The van der Waals surface area contributed by atoms with Crippen molar-refractivity contribution in [3.63, 3.8) is 0 Å². The summed E-state index contributed by atoms with van der Waals surface area (Å²) in [6, 6.07) is 42.7. The third-order valence-electron chi connectivity index (χ3n) is 10.4. The summed E-state index contributed by atoms with van der Waals surface area (Å²) in [7, 11) is 1.28. The van der Waals surface area contributed by atoms with Gasteiger partial charge in [-0.2, -0.15) is 0 Å². The molecule has 0 radical (unpaired) electrons. The molecule has 7 aromatic rings. The lowest BCUT2D eigenvalue weighted by atomic mass is 9.97. The zero-order chi connectivity index (χ0) is 44.6. The summed E-state index contributed by atoms with van der Waals surface area (Å²) in [5.74, 6) is -3.79. The Morgan fingerprint density at radius 3 is 1.50 bits per heavy atom. The SMILES string of the molecule is COC(=O)c1cccc2nc3c(C(C)O[C@@H]4O[C@H](COC(=O)c5ccccc5)[C@@H](OC(=O)c5ccccc5)[C@H](OC(=O)c5ccccc5)[C@H]4OC(=O)c4ccccc4)cccc3nc12. The fourth-order valence-corrected chi connectivity index (χ4v) is 7.25. The molecule has 64 heavy (non-hydrogen) atoms. The average Bonchev–Trinajstić information content (AvgIpc) is 3.34. The number of hydrogen-bond donors (Lipinski definition) is 0. The number of para-hydroxylation sites is 2. The van der Waals surface area contributed by atoms with Crippen LogP contribution in [0.3, 0.4) is 0 Å². The molecule has 8 rings (SSSR count). The van der Waals surface area contributed by atoms with E-state index in [0.717, 1.165) is 0 Å². The summed E-state index contributed by atoms with van der Waals surface area (Å²) in [5, 5.41) is 0. The molecule has 322 valence electrons. The Bertz CT molecular complexity index is 2790. The van der Waals surface area contributed by atoms with Crippen molar-refractivity contribution in [3.8, 4) is 0 Å². The van der Waals surface area contributed by atoms with E-state index in [2.05, 4.69) is 0 Å². The molecular formula is C50H40N2O12. The number of carbonyl (C=O) groups is 5. The second-order valence-corrected chi connectivity index (χ2v) is 14.6. The van der Waals surface area contributed by atoms with Crippen LogP contribution in [0.25, 0.3) is 22.1 Å². The average molecular weight is 861 g/mol. The second kappa shape index (κ2) is 19.5. The minimum atomic E-state index is -1.62. The number of aromatic nitrogens is 2. The highest BCUT2D eigenvalue weighted by Gasteiger charge is 2.54. The maximum atomic E-state index is 14.0. The third kappa shape index (κ3) is 9.48. The Hall–Kier alpha value is -7.81. The van der Waals surface area contributed by atoms with Crippen molar-refractivity contribution >= 4 is 51.9 Å². The quantitative estimate of drug-likeness (QED) is 0.0621. The molecule has 1 aromatic heterocycles. The first-order valence-corrected chi connectivity index (χ1v) is 20.3. The van der Waals surface area contributed by atoms with E-state index >= 15 is 0 Å². The van der Waals surface area contributed by atoms with E-state index in [9.17, 15) is 24.0 Å². The van der Waals surface area contributed by atoms with Gasteiger partial charge in [-0.15, -0.1) is 0 Å². The number of fused-ring (bicyclic) bond motifs is 2. The van der Waals surface area contributed by atoms with Crippen molar-refractivity contribution in [1.29, 1.82) is 0 Å². The summed E-state index contributed by atoms with van der Waals surface area (Å²) >= 11 is 0. The van der Waals surface area contributed by atoms with Gasteiger partial charge in [0, 0.05) is 5.56 Å². The molecule has 6 aromatic carbocycles. The molecule has 0 bridgehead atoms. The minimum absolute atomic E-state index is 0.144. The highest BCUT2D eigenvalue weighted by Crippen LogP contribution is 2.36. The van der Waals surface area contributed by atoms with Gasteiger partial charge in [-0.3, -0.25) is 0 Å². The van der Waals surface area contributed by atoms with Crippen LogP contribution < -0.4 is 0 Å². The first kappa shape index (κ1) is 42.9. The van der Waals surface area contributed by atoms with Gasteiger partial charge < -0.3 is 33.2 Å². The Balaban J connectivity index is 1.22. The van der Waals surface area contributed by atoms with Crippen LogP contribution in [-0.2, 0) is 33.2 Å². The first-order valence-electron chi connectivity index (χ1n) is 20.3. The van der Waals surface area contributed by atoms with Crippen molar-refractivity contribution in [1.82, 2.24) is 9.97 Å². The molecule has 0 aliphatic carbocycles. The lowest BCUT2D eigenvalue weighted by Gasteiger charge is -2.45. The molecule has 0 amide bonds. The molecule has 14 heteroatoms. The van der Waals surface area contributed by atoms with E-state index in [-0.39, 0.29) is 27.8 Å². The lowest BCUT2D eigenvalue weighted by molar-refractivity contribution is -0.308. The van der Waals surface area contributed by atoms with Crippen molar-refractivity contribution in [2.24, 2.45) is 0 Å². The normalized spacial score (nSPS) is 18.6. The first-order chi connectivity index (χ1) is 31.2. The fourth-order valence-electron chi connectivity index (χ4n) is 7.25. The van der Waals surface area contributed by atoms with E-state index < -0.39 is 73.3 Å². The lowest BCUT2D eigenvalue weighted by Crippen LogP contribution is -2.63. The summed E-state index contributed by atoms with van der Waals surface area (Å²) < 4.78 is 42.6. The Kier molecular flexibility index (Phi) is 13.1. The Morgan fingerprint density at radius 2 is 0.969 bits per heavy atom. The van der Waals surface area contributed by atoms with Crippen LogP contribution in [0.2, 0.25) is 0 Å². The maximum absolute atomic E-state index is 14.0. The summed E-state index contributed by atoms with van der Waals surface area (Å²) in [6.07, 6.45) is -8.63. The number of rotatable bonds is 13. The Morgan fingerprint density at radius 1 is 0.516 bits per heavy atom. The highest BCUT2D eigenvalue weighted by atomic mass is 16.7. The van der Waals surface area contributed by atoms with E-state index in [0.29, 0.717) is 27.6 Å². The smallest absolute Gasteiger partial charge is 0.340 e. The fraction of sp³-hybridized carbons (Fsp3) is 0.180. The molecule has 0 spiro atoms. The van der Waals surface area contributed by atoms with Gasteiger partial charge in [0.05, 0.1) is 57.6 Å². The molecule has 6 atom stereocenters. The summed E-state index contributed by atoms with van der Waals surface area (Å²) in [5.41, 5.74) is 3.06. The van der Waals surface area contributed by atoms with Gasteiger partial charge in [-0.1, -0.05) is 91.0 Å². The van der Waals surface area contributed by atoms with Gasteiger partial charge in [0.2, 0.25) is 0 Å². The molecule has 0 N–H and O–H groups in total. The van der Waals surface area contributed by atoms with Crippen molar-refractivity contribution < 1.29 is 57.1 Å². The third-order valence-corrected chi connectivity index (χ3v) is 10.4. The van der Waals surface area contributed by atoms with Crippen LogP contribution in [0.4, 0.5) is 0 Å². The zero-order valence-corrected chi connectivity index (χ0v) is 34.5. The van der Waals surface area contributed by atoms with E-state index in [1.807, 2.05) is 0 Å². The predicted octanol–water partition coefficient (Wildman–Crippen LogP) is 7.91. The summed E-state index contributed by atoms with van der Waals surface area (Å²) in [4.78, 5) is 77.6. The van der Waals surface area contributed by atoms with Crippen LogP contribution in [0.1, 0.15) is 70.4 Å². The Labute approximate surface area is 366 Å². The van der Waals surface area contributed by atoms with Crippen LogP contribution >= 0.6 is 0 Å². The van der Waals surface area contributed by atoms with Crippen molar-refractivity contribution in [2.45, 2.75) is 43.7 Å². The molecule has 2 heterocycles. The molecule has 1 aliphatic heterocycles. The topological polar surface area (TPSA) is 176 Å². The molecule has 1 unspecified atom stereocenters. The van der Waals surface area contributed by atoms with Gasteiger partial charge in [0.25, 0.3) is 0 Å². The maximum Gasteiger partial charge on any atom is 0.340 e. The van der Waals surface area contributed by atoms with Gasteiger partial charge in [-0.25, -0.2) is 33.9 Å². The van der Waals surface area contributed by atoms with Crippen LogP contribution in [0.15, 0.2) is 158 Å². The van der Waals surface area contributed by atoms with Crippen LogP contribution in [-0.4, -0.2) is 84.2 Å². The monoisotopic (exact) mass is 860 g/mol. The van der Waals surface area contributed by atoms with E-state index in [1.165, 1.54) is 31.4 Å². The molecule has 0 saturated carbocycles. The van der Waals surface area contributed by atoms with E-state index in [4.69, 9.17) is 43.1 Å². The number of hydrogen-bond acceptors (Lipinski definition) is 14. The number of nitrogens with zero attached hydrogens (tertiary/aromatic N) is 2. The largest absolute Gasteiger partial charge is 0.465 e. The van der Waals surface area contributed by atoms with Crippen LogP contribution in [0.5, 0.6) is 0 Å². The van der Waals surface area contributed by atoms with E-state index in [1.54, 1.807) is 140 Å². The van der Waals surface area contributed by atoms with Gasteiger partial charge in [0.1, 0.15) is 18.2 Å². The van der Waals surface area contributed by atoms with Crippen molar-refractivity contribution in [2.75, 3.05) is 13.7 Å². The minimum Gasteiger partial charge on any atom is -0.465 e. The molecule has 1 saturated heterocycles. The number of esters is 5. The highest BCUT2D eigenvalue weighted by molar-refractivity contribution is 6.03. The molecule has 14 nitrogen and oxygen atoms in total. The second-order valence-electron chi connectivity index (χ2n) is 14.6. The van der Waals surface area contributed by atoms with Gasteiger partial charge in [0.15, 0.2) is 24.6 Å². The number of benzene rings is 6. The zero-order valence-electron chi connectivity index (χ0n) is 34.5. The van der Waals surface area contributed by atoms with Gasteiger partial charge >= 0.3 is 29.8 Å². The number of carbonyl (C=O) groups excluding carboxylic acids is 5. The van der Waals surface area contributed by atoms with Crippen LogP contribution in [0, 0.1) is 0 Å².